The Labute approximate surface area is 85.3 Å². The molecule has 1 N–H and O–H groups in total. The molecular weight excluding hydrogens is 204 g/mol. The molecule has 1 aromatic rings. The van der Waals surface area contributed by atoms with Crippen molar-refractivity contribution in [3.05, 3.63) is 12.4 Å². The minimum absolute atomic E-state index is 0.287. The zero-order valence-electron chi connectivity index (χ0n) is 8.37. The number of carbonyl (C=O) groups is 1. The number of aromatic nitrogens is 2. The Morgan fingerprint density at radius 1 is 1.67 bits per heavy atom. The van der Waals surface area contributed by atoms with Crippen LogP contribution in [0.25, 0.3) is 0 Å². The maximum atomic E-state index is 12.9. The van der Waals surface area contributed by atoms with E-state index in [1.165, 1.54) is 13.1 Å². The van der Waals surface area contributed by atoms with Crippen LogP contribution in [0, 0.1) is 11.8 Å². The van der Waals surface area contributed by atoms with Gasteiger partial charge in [0.25, 0.3) is 5.92 Å². The smallest absolute Gasteiger partial charge is 0.263 e. The number of imidazole rings is 1. The normalized spacial score (nSPS) is 27.5. The van der Waals surface area contributed by atoms with Gasteiger partial charge in [0, 0.05) is 25.4 Å². The first-order chi connectivity index (χ1) is 6.94. The van der Waals surface area contributed by atoms with Gasteiger partial charge in [-0.05, 0) is 0 Å². The molecule has 82 valence electrons. The SMILES string of the molecule is C[C@@H]1[C@@H](C(=O)Nc2nccn2C)C1(F)F. The van der Waals surface area contributed by atoms with Gasteiger partial charge in [-0.3, -0.25) is 10.1 Å². The van der Waals surface area contributed by atoms with Crippen LogP contribution < -0.4 is 5.32 Å². The molecule has 1 aliphatic carbocycles. The predicted molar refractivity (Wildman–Crippen MR) is 49.4 cm³/mol. The molecule has 1 fully saturated rings. The number of hydrogen-bond donors (Lipinski definition) is 1. The van der Waals surface area contributed by atoms with Crippen LogP contribution in [0.2, 0.25) is 0 Å². The number of nitrogens with zero attached hydrogens (tertiary/aromatic N) is 2. The summed E-state index contributed by atoms with van der Waals surface area (Å²) in [6, 6.07) is 0. The second kappa shape index (κ2) is 3.01. The van der Waals surface area contributed by atoms with E-state index in [-0.39, 0.29) is 5.95 Å². The molecule has 0 bridgehead atoms. The van der Waals surface area contributed by atoms with E-state index in [1.807, 2.05) is 0 Å². The van der Waals surface area contributed by atoms with Crippen LogP contribution in [0.1, 0.15) is 6.92 Å². The number of anilines is 1. The highest BCUT2D eigenvalue weighted by Crippen LogP contribution is 2.55. The molecule has 0 spiro atoms. The molecule has 1 aromatic heterocycles. The Balaban J connectivity index is 2.04. The molecule has 1 amide bonds. The molecule has 0 saturated heterocycles. The molecule has 1 heterocycles. The van der Waals surface area contributed by atoms with Crippen LogP contribution in [0.15, 0.2) is 12.4 Å². The van der Waals surface area contributed by atoms with Crippen molar-refractivity contribution < 1.29 is 13.6 Å². The van der Waals surface area contributed by atoms with Crippen LogP contribution in [0.5, 0.6) is 0 Å². The molecule has 2 rings (SSSR count). The van der Waals surface area contributed by atoms with Gasteiger partial charge in [0.2, 0.25) is 11.9 Å². The van der Waals surface area contributed by atoms with E-state index in [9.17, 15) is 13.6 Å². The highest BCUT2D eigenvalue weighted by Gasteiger charge is 2.69. The molecule has 4 nitrogen and oxygen atoms in total. The van der Waals surface area contributed by atoms with Crippen molar-refractivity contribution in [1.82, 2.24) is 9.55 Å². The van der Waals surface area contributed by atoms with Crippen molar-refractivity contribution in [3.8, 4) is 0 Å². The van der Waals surface area contributed by atoms with Crippen LogP contribution >= 0.6 is 0 Å². The molecule has 6 heteroatoms. The fourth-order valence-corrected chi connectivity index (χ4v) is 1.56. The third kappa shape index (κ3) is 1.49. The van der Waals surface area contributed by atoms with Crippen molar-refractivity contribution in [2.45, 2.75) is 12.8 Å². The fraction of sp³-hybridized carbons (Fsp3) is 0.556. The van der Waals surface area contributed by atoms with Gasteiger partial charge in [0.05, 0.1) is 0 Å². The fourth-order valence-electron chi connectivity index (χ4n) is 1.56. The maximum absolute atomic E-state index is 12.9. The van der Waals surface area contributed by atoms with Gasteiger partial charge in [-0.1, -0.05) is 6.92 Å². The molecule has 1 saturated carbocycles. The van der Waals surface area contributed by atoms with Gasteiger partial charge in [-0.2, -0.15) is 0 Å². The quantitative estimate of drug-likeness (QED) is 0.807. The number of halogens is 2. The monoisotopic (exact) mass is 215 g/mol. The first-order valence-electron chi connectivity index (χ1n) is 4.60. The van der Waals surface area contributed by atoms with E-state index < -0.39 is 23.7 Å². The summed E-state index contributed by atoms with van der Waals surface area (Å²) in [7, 11) is 1.68. The Bertz CT molecular complexity index is 402. The van der Waals surface area contributed by atoms with E-state index in [2.05, 4.69) is 10.3 Å². The summed E-state index contributed by atoms with van der Waals surface area (Å²) in [4.78, 5) is 15.2. The number of hydrogen-bond acceptors (Lipinski definition) is 2. The summed E-state index contributed by atoms with van der Waals surface area (Å²) >= 11 is 0. The van der Waals surface area contributed by atoms with Gasteiger partial charge < -0.3 is 4.57 Å². The lowest BCUT2D eigenvalue weighted by atomic mass is 10.3. The Kier molecular flexibility index (Phi) is 2.02. The van der Waals surface area contributed by atoms with Crippen molar-refractivity contribution in [2.24, 2.45) is 18.9 Å². The number of aryl methyl sites for hydroxylation is 1. The van der Waals surface area contributed by atoms with Crippen LogP contribution in [-0.4, -0.2) is 21.4 Å². The van der Waals surface area contributed by atoms with Gasteiger partial charge in [0.1, 0.15) is 5.92 Å². The highest BCUT2D eigenvalue weighted by molar-refractivity contribution is 5.94. The zero-order chi connectivity index (χ0) is 11.2. The predicted octanol–water partition coefficient (Wildman–Crippen LogP) is 1.26. The second-order valence-electron chi connectivity index (χ2n) is 3.79. The van der Waals surface area contributed by atoms with Gasteiger partial charge in [-0.25, -0.2) is 13.8 Å². The second-order valence-corrected chi connectivity index (χ2v) is 3.79. The largest absolute Gasteiger partial charge is 0.320 e. The van der Waals surface area contributed by atoms with E-state index in [1.54, 1.807) is 17.8 Å². The minimum Gasteiger partial charge on any atom is -0.320 e. The summed E-state index contributed by atoms with van der Waals surface area (Å²) in [6.07, 6.45) is 3.12. The molecule has 15 heavy (non-hydrogen) atoms. The lowest BCUT2D eigenvalue weighted by molar-refractivity contribution is -0.119. The van der Waals surface area contributed by atoms with Gasteiger partial charge >= 0.3 is 0 Å². The molecule has 0 radical (unpaired) electrons. The third-order valence-corrected chi connectivity index (χ3v) is 2.75. The highest BCUT2D eigenvalue weighted by atomic mass is 19.3. The van der Waals surface area contributed by atoms with Crippen LogP contribution in [0.3, 0.4) is 0 Å². The average molecular weight is 215 g/mol. The Morgan fingerprint density at radius 2 is 2.27 bits per heavy atom. The van der Waals surface area contributed by atoms with Crippen molar-refractivity contribution in [3.63, 3.8) is 0 Å². The molecular formula is C9H11F2N3O. The Morgan fingerprint density at radius 3 is 2.67 bits per heavy atom. The van der Waals surface area contributed by atoms with Crippen molar-refractivity contribution in [1.29, 1.82) is 0 Å². The number of carbonyl (C=O) groups excluding carboxylic acids is 1. The number of alkyl halides is 2. The molecule has 0 aromatic carbocycles. The molecule has 0 unspecified atom stereocenters. The van der Waals surface area contributed by atoms with Gasteiger partial charge in [0.15, 0.2) is 0 Å². The summed E-state index contributed by atoms with van der Waals surface area (Å²) in [5.41, 5.74) is 0. The van der Waals surface area contributed by atoms with Crippen molar-refractivity contribution >= 4 is 11.9 Å². The van der Waals surface area contributed by atoms with Crippen LogP contribution in [-0.2, 0) is 11.8 Å². The zero-order valence-corrected chi connectivity index (χ0v) is 8.37. The number of nitrogens with one attached hydrogen (secondary N) is 1. The van der Waals surface area contributed by atoms with Crippen LogP contribution in [0.4, 0.5) is 14.7 Å². The lowest BCUT2D eigenvalue weighted by Gasteiger charge is -2.03. The minimum atomic E-state index is -2.87. The van der Waals surface area contributed by atoms with E-state index in [4.69, 9.17) is 0 Å². The third-order valence-electron chi connectivity index (χ3n) is 2.75. The molecule has 0 aliphatic heterocycles. The first kappa shape index (κ1) is 10.1. The standard InChI is InChI=1S/C9H11F2N3O/c1-5-6(9(5,10)11)7(15)13-8-12-3-4-14(8)2/h3-6H,1-2H3,(H,12,13,15)/t5-,6+/m1/s1. The Hall–Kier alpha value is -1.46. The summed E-state index contributed by atoms with van der Waals surface area (Å²) in [5, 5.41) is 2.37. The lowest BCUT2D eigenvalue weighted by Crippen LogP contribution is -2.19. The van der Waals surface area contributed by atoms with E-state index >= 15 is 0 Å². The summed E-state index contributed by atoms with van der Waals surface area (Å²) < 4.78 is 27.3. The summed E-state index contributed by atoms with van der Waals surface area (Å²) in [5.74, 6) is -5.33. The maximum Gasteiger partial charge on any atom is 0.263 e. The topological polar surface area (TPSA) is 46.9 Å². The van der Waals surface area contributed by atoms with Crippen molar-refractivity contribution in [2.75, 3.05) is 5.32 Å². The average Bonchev–Trinajstić information content (AvgIpc) is 2.47. The number of rotatable bonds is 2. The number of amides is 1. The van der Waals surface area contributed by atoms with Gasteiger partial charge in [-0.15, -0.1) is 0 Å². The van der Waals surface area contributed by atoms with E-state index in [0.29, 0.717) is 0 Å². The molecule has 2 atom stereocenters. The first-order valence-corrected chi connectivity index (χ1v) is 4.60. The van der Waals surface area contributed by atoms with E-state index in [0.717, 1.165) is 0 Å². The summed E-state index contributed by atoms with van der Waals surface area (Å²) in [6.45, 7) is 1.36. The molecule has 1 aliphatic rings.